The van der Waals surface area contributed by atoms with Gasteiger partial charge in [0.1, 0.15) is 5.82 Å². The Hall–Kier alpha value is -2.00. The monoisotopic (exact) mass is 269 g/mol. The van der Waals surface area contributed by atoms with E-state index in [1.165, 1.54) is 17.7 Å². The van der Waals surface area contributed by atoms with E-state index < -0.39 is 0 Å². The highest BCUT2D eigenvalue weighted by Crippen LogP contribution is 2.19. The zero-order chi connectivity index (χ0) is 14.1. The first kappa shape index (κ1) is 13.0. The summed E-state index contributed by atoms with van der Waals surface area (Å²) in [7, 11) is 0. The van der Waals surface area contributed by atoms with E-state index in [4.69, 9.17) is 0 Å². The molecular weight excluding hydrogens is 253 g/mol. The number of hydrogen-bond acceptors (Lipinski definition) is 2. The minimum Gasteiger partial charge on any atom is -0.312 e. The maximum atomic E-state index is 13.4. The fraction of sp³-hybridized carbons (Fsp3) is 0.235. The number of fused-ring (bicyclic) bond motifs is 1. The number of carbonyl (C=O) groups is 1. The second-order valence-corrected chi connectivity index (χ2v) is 5.26. The minimum absolute atomic E-state index is 0.124. The van der Waals surface area contributed by atoms with Crippen LogP contribution in [0.5, 0.6) is 0 Å². The average Bonchev–Trinajstić information content (AvgIpc) is 2.45. The number of benzene rings is 2. The van der Waals surface area contributed by atoms with Crippen LogP contribution in [0.2, 0.25) is 0 Å². The van der Waals surface area contributed by atoms with E-state index in [0.717, 1.165) is 30.6 Å². The molecule has 0 fully saturated rings. The molecule has 0 atom stereocenters. The summed E-state index contributed by atoms with van der Waals surface area (Å²) < 4.78 is 13.4. The van der Waals surface area contributed by atoms with Gasteiger partial charge in [-0.25, -0.2) is 4.39 Å². The first-order valence-corrected chi connectivity index (χ1v) is 6.78. The van der Waals surface area contributed by atoms with Crippen LogP contribution >= 0.6 is 0 Å². The molecular formula is C17H16FNO. The summed E-state index contributed by atoms with van der Waals surface area (Å²) in [5, 5.41) is 3.29. The Morgan fingerprint density at radius 3 is 2.75 bits per heavy atom. The Morgan fingerprint density at radius 2 is 1.95 bits per heavy atom. The number of ketones is 1. The van der Waals surface area contributed by atoms with Gasteiger partial charge in [0.2, 0.25) is 0 Å². The molecule has 0 bridgehead atoms. The Balaban J connectivity index is 1.97. The fourth-order valence-electron chi connectivity index (χ4n) is 2.66. The van der Waals surface area contributed by atoms with Gasteiger partial charge in [0.05, 0.1) is 0 Å². The van der Waals surface area contributed by atoms with E-state index in [9.17, 15) is 9.18 Å². The summed E-state index contributed by atoms with van der Waals surface area (Å²) in [5.74, 6) is -0.492. The van der Waals surface area contributed by atoms with Gasteiger partial charge in [-0.05, 0) is 60.8 Å². The lowest BCUT2D eigenvalue weighted by Gasteiger charge is -2.17. The molecule has 1 aliphatic rings. The predicted octanol–water partition coefficient (Wildman–Crippen LogP) is 3.01. The molecule has 3 rings (SSSR count). The van der Waals surface area contributed by atoms with Crippen LogP contribution in [-0.2, 0) is 13.0 Å². The quantitative estimate of drug-likeness (QED) is 0.849. The molecule has 0 saturated heterocycles. The molecule has 0 aliphatic carbocycles. The number of rotatable bonds is 2. The van der Waals surface area contributed by atoms with E-state index in [0.29, 0.717) is 11.1 Å². The molecule has 0 saturated carbocycles. The van der Waals surface area contributed by atoms with Gasteiger partial charge in [-0.15, -0.1) is 0 Å². The summed E-state index contributed by atoms with van der Waals surface area (Å²) in [6.45, 7) is 3.55. The highest BCUT2D eigenvalue weighted by molar-refractivity contribution is 6.09. The molecule has 1 aliphatic heterocycles. The standard InChI is InChI=1S/C17H16FNO/c1-11-6-14(9-16(18)7-11)17(20)13-3-2-12-4-5-19-10-15(12)8-13/h2-3,6-9,19H,4-5,10H2,1H3. The molecule has 0 aromatic heterocycles. The van der Waals surface area contributed by atoms with Crippen LogP contribution in [0.15, 0.2) is 36.4 Å². The topological polar surface area (TPSA) is 29.1 Å². The molecule has 0 spiro atoms. The summed E-state index contributed by atoms with van der Waals surface area (Å²) in [4.78, 5) is 12.4. The van der Waals surface area contributed by atoms with Crippen molar-refractivity contribution in [1.29, 1.82) is 0 Å². The van der Waals surface area contributed by atoms with Crippen molar-refractivity contribution >= 4 is 5.78 Å². The van der Waals surface area contributed by atoms with Crippen molar-refractivity contribution in [3.63, 3.8) is 0 Å². The van der Waals surface area contributed by atoms with Crippen molar-refractivity contribution in [3.05, 3.63) is 70.0 Å². The van der Waals surface area contributed by atoms with Gasteiger partial charge in [-0.1, -0.05) is 12.1 Å². The van der Waals surface area contributed by atoms with Gasteiger partial charge in [0.15, 0.2) is 5.78 Å². The van der Waals surface area contributed by atoms with E-state index in [-0.39, 0.29) is 11.6 Å². The zero-order valence-corrected chi connectivity index (χ0v) is 11.4. The molecule has 0 unspecified atom stereocenters. The third kappa shape index (κ3) is 2.49. The van der Waals surface area contributed by atoms with Crippen molar-refractivity contribution in [3.8, 4) is 0 Å². The van der Waals surface area contributed by atoms with Crippen molar-refractivity contribution in [2.45, 2.75) is 19.9 Å². The Morgan fingerprint density at radius 1 is 1.10 bits per heavy atom. The molecule has 1 N–H and O–H groups in total. The Bertz CT molecular complexity index is 658. The van der Waals surface area contributed by atoms with Gasteiger partial charge < -0.3 is 5.32 Å². The minimum atomic E-state index is -0.368. The Labute approximate surface area is 117 Å². The van der Waals surface area contributed by atoms with Gasteiger partial charge in [0.25, 0.3) is 0 Å². The van der Waals surface area contributed by atoms with Crippen molar-refractivity contribution in [1.82, 2.24) is 5.32 Å². The molecule has 2 nitrogen and oxygen atoms in total. The number of halogens is 1. The second-order valence-electron chi connectivity index (χ2n) is 5.26. The highest BCUT2D eigenvalue weighted by atomic mass is 19.1. The molecule has 3 heteroatoms. The molecule has 2 aromatic rings. The number of nitrogens with one attached hydrogen (secondary N) is 1. The SMILES string of the molecule is Cc1cc(F)cc(C(=O)c2ccc3c(c2)CNCC3)c1. The predicted molar refractivity (Wildman–Crippen MR) is 76.4 cm³/mol. The maximum absolute atomic E-state index is 13.4. The molecule has 1 heterocycles. The van der Waals surface area contributed by atoms with Gasteiger partial charge in [-0.3, -0.25) is 4.79 Å². The van der Waals surface area contributed by atoms with Crippen molar-refractivity contribution in [2.24, 2.45) is 0 Å². The highest BCUT2D eigenvalue weighted by Gasteiger charge is 2.14. The molecule has 0 radical (unpaired) electrons. The zero-order valence-electron chi connectivity index (χ0n) is 11.4. The van der Waals surface area contributed by atoms with E-state index in [1.54, 1.807) is 13.0 Å². The van der Waals surface area contributed by atoms with Crippen LogP contribution in [0.1, 0.15) is 32.6 Å². The second kappa shape index (κ2) is 5.17. The van der Waals surface area contributed by atoms with Gasteiger partial charge in [0, 0.05) is 17.7 Å². The molecule has 20 heavy (non-hydrogen) atoms. The smallest absolute Gasteiger partial charge is 0.193 e. The molecule has 0 amide bonds. The largest absolute Gasteiger partial charge is 0.312 e. The van der Waals surface area contributed by atoms with Crippen LogP contribution in [0.25, 0.3) is 0 Å². The fourth-order valence-corrected chi connectivity index (χ4v) is 2.66. The summed E-state index contributed by atoms with van der Waals surface area (Å²) in [6.07, 6.45) is 0.989. The number of aryl methyl sites for hydroxylation is 1. The average molecular weight is 269 g/mol. The third-order valence-corrected chi connectivity index (χ3v) is 3.66. The lowest BCUT2D eigenvalue weighted by Crippen LogP contribution is -2.23. The van der Waals surface area contributed by atoms with Crippen molar-refractivity contribution in [2.75, 3.05) is 6.54 Å². The maximum Gasteiger partial charge on any atom is 0.193 e. The summed E-state index contributed by atoms with van der Waals surface area (Å²) >= 11 is 0. The first-order chi connectivity index (χ1) is 9.63. The van der Waals surface area contributed by atoms with Gasteiger partial charge >= 0.3 is 0 Å². The normalized spacial score (nSPS) is 13.9. The molecule has 2 aromatic carbocycles. The summed E-state index contributed by atoms with van der Waals surface area (Å²) in [5.41, 5.74) is 4.24. The third-order valence-electron chi connectivity index (χ3n) is 3.66. The first-order valence-electron chi connectivity index (χ1n) is 6.78. The van der Waals surface area contributed by atoms with Crippen molar-refractivity contribution < 1.29 is 9.18 Å². The van der Waals surface area contributed by atoms with E-state index in [1.807, 2.05) is 18.2 Å². The van der Waals surface area contributed by atoms with Crippen LogP contribution in [0, 0.1) is 12.7 Å². The number of carbonyl (C=O) groups excluding carboxylic acids is 1. The van der Waals surface area contributed by atoms with Crippen LogP contribution in [-0.4, -0.2) is 12.3 Å². The van der Waals surface area contributed by atoms with Crippen LogP contribution in [0.3, 0.4) is 0 Å². The number of hydrogen-bond donors (Lipinski definition) is 1. The molecule has 102 valence electrons. The lowest BCUT2D eigenvalue weighted by atomic mass is 9.94. The van der Waals surface area contributed by atoms with Crippen LogP contribution < -0.4 is 5.32 Å². The van der Waals surface area contributed by atoms with E-state index in [2.05, 4.69) is 5.32 Å². The van der Waals surface area contributed by atoms with E-state index >= 15 is 0 Å². The van der Waals surface area contributed by atoms with Gasteiger partial charge in [-0.2, -0.15) is 0 Å². The van der Waals surface area contributed by atoms with Crippen LogP contribution in [0.4, 0.5) is 4.39 Å². The summed E-state index contributed by atoms with van der Waals surface area (Å²) in [6, 6.07) is 10.2. The lowest BCUT2D eigenvalue weighted by molar-refractivity contribution is 0.103. The Kier molecular flexibility index (Phi) is 3.36.